The molecule has 2 heterocycles. The quantitative estimate of drug-likeness (QED) is 0.419. The average molecular weight is 428 g/mol. The number of thioether (sulfide) groups is 1. The van der Waals surface area contributed by atoms with Crippen LogP contribution in [-0.2, 0) is 11.3 Å². The van der Waals surface area contributed by atoms with Gasteiger partial charge in [0.1, 0.15) is 5.82 Å². The number of aromatic nitrogens is 2. The molecular weight excluding hydrogens is 401 g/mol. The van der Waals surface area contributed by atoms with Gasteiger partial charge in [-0.3, -0.25) is 14.3 Å². The minimum Gasteiger partial charge on any atom is -0.379 e. The van der Waals surface area contributed by atoms with E-state index < -0.39 is 0 Å². The van der Waals surface area contributed by atoms with E-state index in [1.807, 2.05) is 24.3 Å². The Labute approximate surface area is 179 Å². The normalized spacial score (nSPS) is 16.1. The van der Waals surface area contributed by atoms with Crippen LogP contribution in [0.5, 0.6) is 0 Å². The first kappa shape index (κ1) is 21.0. The van der Waals surface area contributed by atoms with Gasteiger partial charge in [0.05, 0.1) is 24.1 Å². The Morgan fingerprint density at radius 2 is 1.83 bits per heavy atom. The Hall–Kier alpha value is -2.22. The van der Waals surface area contributed by atoms with Crippen molar-refractivity contribution in [1.29, 1.82) is 0 Å². The highest BCUT2D eigenvalue weighted by atomic mass is 32.2. The van der Waals surface area contributed by atoms with Gasteiger partial charge in [-0.15, -0.1) is 0 Å². The molecule has 158 valence electrons. The van der Waals surface area contributed by atoms with Crippen LogP contribution < -0.4 is 5.56 Å². The number of rotatable bonds is 7. The molecule has 0 spiro atoms. The van der Waals surface area contributed by atoms with Gasteiger partial charge in [0.25, 0.3) is 5.56 Å². The fraction of sp³-hybridized carbons (Fsp3) is 0.391. The number of benzene rings is 2. The van der Waals surface area contributed by atoms with Crippen molar-refractivity contribution in [3.05, 3.63) is 70.3 Å². The standard InChI is InChI=1S/C23H26FN3O2S/c1-17(18-7-9-19(24)10-8-18)30-23-25-21-6-3-2-5-20(21)22(28)27(23)12-4-11-26-13-15-29-16-14-26/h2-3,5-10,17H,4,11-16H2,1H3/t17-/m0/s1. The fourth-order valence-electron chi connectivity index (χ4n) is 3.67. The third-order valence-electron chi connectivity index (χ3n) is 5.41. The van der Waals surface area contributed by atoms with Crippen molar-refractivity contribution in [1.82, 2.24) is 14.5 Å². The number of hydrogen-bond acceptors (Lipinski definition) is 5. The Balaban J connectivity index is 1.58. The van der Waals surface area contributed by atoms with Gasteiger partial charge in [0, 0.05) is 31.4 Å². The second kappa shape index (κ2) is 9.73. The zero-order valence-electron chi connectivity index (χ0n) is 17.1. The van der Waals surface area contributed by atoms with Crippen LogP contribution in [-0.4, -0.2) is 47.3 Å². The van der Waals surface area contributed by atoms with Gasteiger partial charge in [-0.25, -0.2) is 9.37 Å². The molecule has 4 rings (SSSR count). The highest BCUT2D eigenvalue weighted by molar-refractivity contribution is 7.99. The highest BCUT2D eigenvalue weighted by Gasteiger charge is 2.17. The lowest BCUT2D eigenvalue weighted by Crippen LogP contribution is -2.37. The smallest absolute Gasteiger partial charge is 0.262 e. The summed E-state index contributed by atoms with van der Waals surface area (Å²) in [6.07, 6.45) is 0.873. The second-order valence-corrected chi connectivity index (χ2v) is 8.80. The maximum atomic E-state index is 13.3. The van der Waals surface area contributed by atoms with Crippen molar-refractivity contribution in [3.63, 3.8) is 0 Å². The molecule has 2 aromatic carbocycles. The van der Waals surface area contributed by atoms with Crippen molar-refractivity contribution in [2.24, 2.45) is 0 Å². The van der Waals surface area contributed by atoms with Crippen LogP contribution in [0.1, 0.15) is 24.2 Å². The molecule has 0 bridgehead atoms. The molecule has 1 saturated heterocycles. The third kappa shape index (κ3) is 4.91. The number of morpholine rings is 1. The van der Waals surface area contributed by atoms with Gasteiger partial charge >= 0.3 is 0 Å². The summed E-state index contributed by atoms with van der Waals surface area (Å²) in [6.45, 7) is 7.02. The first-order chi connectivity index (χ1) is 14.6. The minimum absolute atomic E-state index is 0.00335. The number of fused-ring (bicyclic) bond motifs is 1. The van der Waals surface area contributed by atoms with E-state index in [2.05, 4.69) is 11.8 Å². The van der Waals surface area contributed by atoms with E-state index in [-0.39, 0.29) is 16.6 Å². The van der Waals surface area contributed by atoms with Gasteiger partial charge in [0.2, 0.25) is 0 Å². The molecule has 0 aliphatic carbocycles. The zero-order valence-corrected chi connectivity index (χ0v) is 17.9. The van der Waals surface area contributed by atoms with Crippen LogP contribution in [0.4, 0.5) is 4.39 Å². The summed E-state index contributed by atoms with van der Waals surface area (Å²) in [5.74, 6) is -0.250. The maximum Gasteiger partial charge on any atom is 0.262 e. The van der Waals surface area contributed by atoms with E-state index in [9.17, 15) is 9.18 Å². The second-order valence-electron chi connectivity index (χ2n) is 7.49. The summed E-state index contributed by atoms with van der Waals surface area (Å²) in [7, 11) is 0. The van der Waals surface area contributed by atoms with E-state index in [0.29, 0.717) is 22.6 Å². The number of ether oxygens (including phenoxy) is 1. The van der Waals surface area contributed by atoms with Crippen molar-refractivity contribution in [2.75, 3.05) is 32.8 Å². The highest BCUT2D eigenvalue weighted by Crippen LogP contribution is 2.34. The average Bonchev–Trinajstić information content (AvgIpc) is 2.77. The minimum atomic E-state index is -0.250. The molecule has 1 atom stereocenters. The Morgan fingerprint density at radius 3 is 2.60 bits per heavy atom. The van der Waals surface area contributed by atoms with Crippen molar-refractivity contribution >= 4 is 22.7 Å². The summed E-state index contributed by atoms with van der Waals surface area (Å²) in [5.41, 5.74) is 1.71. The van der Waals surface area contributed by atoms with E-state index in [4.69, 9.17) is 9.72 Å². The molecule has 1 fully saturated rings. The number of halogens is 1. The molecule has 7 heteroatoms. The number of nitrogens with zero attached hydrogens (tertiary/aromatic N) is 3. The summed E-state index contributed by atoms with van der Waals surface area (Å²) in [5, 5.41) is 1.39. The Kier molecular flexibility index (Phi) is 6.82. The summed E-state index contributed by atoms with van der Waals surface area (Å²) < 4.78 is 20.5. The molecule has 30 heavy (non-hydrogen) atoms. The predicted octanol–water partition coefficient (Wildman–Crippen LogP) is 4.11. The van der Waals surface area contributed by atoms with Gasteiger partial charge in [-0.2, -0.15) is 0 Å². The molecule has 1 aromatic heterocycles. The van der Waals surface area contributed by atoms with Crippen molar-refractivity contribution < 1.29 is 9.13 Å². The van der Waals surface area contributed by atoms with Crippen LogP contribution in [0, 0.1) is 5.82 Å². The Bertz CT molecular complexity index is 1050. The van der Waals surface area contributed by atoms with Crippen LogP contribution >= 0.6 is 11.8 Å². The molecule has 1 aliphatic rings. The van der Waals surface area contributed by atoms with E-state index in [1.165, 1.54) is 23.9 Å². The molecule has 0 saturated carbocycles. The molecule has 3 aromatic rings. The van der Waals surface area contributed by atoms with Gasteiger partial charge in [-0.05, 0) is 43.2 Å². The van der Waals surface area contributed by atoms with Crippen LogP contribution in [0.25, 0.3) is 10.9 Å². The third-order valence-corrected chi connectivity index (χ3v) is 6.56. The summed E-state index contributed by atoms with van der Waals surface area (Å²) in [4.78, 5) is 20.4. The molecule has 5 nitrogen and oxygen atoms in total. The first-order valence-electron chi connectivity index (χ1n) is 10.3. The summed E-state index contributed by atoms with van der Waals surface area (Å²) in [6, 6.07) is 14.0. The van der Waals surface area contributed by atoms with Crippen molar-refractivity contribution in [3.8, 4) is 0 Å². The van der Waals surface area contributed by atoms with E-state index in [0.717, 1.165) is 44.8 Å². The Morgan fingerprint density at radius 1 is 1.10 bits per heavy atom. The summed E-state index contributed by atoms with van der Waals surface area (Å²) >= 11 is 1.54. The predicted molar refractivity (Wildman–Crippen MR) is 119 cm³/mol. The monoisotopic (exact) mass is 427 g/mol. The van der Waals surface area contributed by atoms with Gasteiger partial charge < -0.3 is 4.74 Å². The molecule has 0 amide bonds. The first-order valence-corrected chi connectivity index (χ1v) is 11.2. The van der Waals surface area contributed by atoms with Crippen LogP contribution in [0.2, 0.25) is 0 Å². The van der Waals surface area contributed by atoms with Gasteiger partial charge in [-0.1, -0.05) is 36.0 Å². The SMILES string of the molecule is C[C@H](Sc1nc2ccccc2c(=O)n1CCCN1CCOCC1)c1ccc(F)cc1. The van der Waals surface area contributed by atoms with Crippen LogP contribution in [0.3, 0.4) is 0 Å². The van der Waals surface area contributed by atoms with Crippen molar-refractivity contribution in [2.45, 2.75) is 30.3 Å². The maximum absolute atomic E-state index is 13.3. The number of hydrogen-bond donors (Lipinski definition) is 0. The van der Waals surface area contributed by atoms with Gasteiger partial charge in [0.15, 0.2) is 5.16 Å². The molecule has 0 unspecified atom stereocenters. The lowest BCUT2D eigenvalue weighted by molar-refractivity contribution is 0.0368. The largest absolute Gasteiger partial charge is 0.379 e. The topological polar surface area (TPSA) is 47.4 Å². The molecule has 1 aliphatic heterocycles. The van der Waals surface area contributed by atoms with E-state index >= 15 is 0 Å². The lowest BCUT2D eigenvalue weighted by Gasteiger charge is -2.26. The lowest BCUT2D eigenvalue weighted by atomic mass is 10.2. The number of para-hydroxylation sites is 1. The molecule has 0 radical (unpaired) electrons. The van der Waals surface area contributed by atoms with Crippen LogP contribution in [0.15, 0.2) is 58.5 Å². The molecule has 0 N–H and O–H groups in total. The fourth-order valence-corrected chi connectivity index (χ4v) is 4.73. The zero-order chi connectivity index (χ0) is 20.9. The molecular formula is C23H26FN3O2S. The van der Waals surface area contributed by atoms with E-state index in [1.54, 1.807) is 16.7 Å².